The van der Waals surface area contributed by atoms with Gasteiger partial charge < -0.3 is 14.6 Å². The lowest BCUT2D eigenvalue weighted by Crippen LogP contribution is -2.03. The first kappa shape index (κ1) is 19.2. The van der Waals surface area contributed by atoms with Crippen LogP contribution in [0.5, 0.6) is 5.75 Å². The molecule has 0 spiro atoms. The molecule has 2 aromatic carbocycles. The van der Waals surface area contributed by atoms with Crippen molar-refractivity contribution in [1.29, 1.82) is 0 Å². The minimum Gasteiger partial charge on any atom is -0.503 e. The van der Waals surface area contributed by atoms with Crippen molar-refractivity contribution >= 4 is 34.9 Å². The normalized spacial score (nSPS) is 11.3. The third kappa shape index (κ3) is 4.71. The monoisotopic (exact) mass is 378 g/mol. The summed E-state index contributed by atoms with van der Waals surface area (Å²) in [4.78, 5) is 12.5. The maximum Gasteiger partial charge on any atom is 0.339 e. The van der Waals surface area contributed by atoms with Gasteiger partial charge in [-0.1, -0.05) is 35.9 Å². The van der Waals surface area contributed by atoms with Crippen LogP contribution in [0.4, 0.5) is 0 Å². The fourth-order valence-corrected chi connectivity index (χ4v) is 3.67. The molecule has 2 aromatic rings. The second-order valence-corrected chi connectivity index (χ2v) is 6.67. The van der Waals surface area contributed by atoms with E-state index in [4.69, 9.17) is 21.1 Å². The Hall–Kier alpha value is -2.11. The lowest BCUT2D eigenvalue weighted by Gasteiger charge is -2.13. The molecule has 0 aliphatic carbocycles. The number of methoxy groups -OCH3 is 2. The molecule has 0 saturated heterocycles. The second-order valence-electron chi connectivity index (χ2n) is 5.28. The van der Waals surface area contributed by atoms with Crippen LogP contribution < -0.4 is 4.74 Å². The molecule has 6 heteroatoms. The van der Waals surface area contributed by atoms with Gasteiger partial charge in [0.25, 0.3) is 0 Å². The molecule has 2 rings (SSSR count). The number of thioether (sulfide) groups is 1. The number of halogens is 1. The average Bonchev–Trinajstić information content (AvgIpc) is 2.59. The van der Waals surface area contributed by atoms with Gasteiger partial charge in [-0.3, -0.25) is 0 Å². The molecule has 0 atom stereocenters. The Kier molecular flexibility index (Phi) is 6.79. The van der Waals surface area contributed by atoms with E-state index in [2.05, 4.69) is 0 Å². The highest BCUT2D eigenvalue weighted by molar-refractivity contribution is 7.98. The smallest absolute Gasteiger partial charge is 0.339 e. The molecule has 0 saturated carbocycles. The van der Waals surface area contributed by atoms with Gasteiger partial charge in [-0.25, -0.2) is 4.79 Å². The Labute approximate surface area is 156 Å². The predicted octanol–water partition coefficient (Wildman–Crippen LogP) is 5.02. The number of hydrogen-bond donors (Lipinski definition) is 1. The Bertz CT molecular complexity index is 802. The maximum absolute atomic E-state index is 11.6. The van der Waals surface area contributed by atoms with Crippen LogP contribution in [0.2, 0.25) is 5.02 Å². The van der Waals surface area contributed by atoms with E-state index in [1.807, 2.05) is 31.2 Å². The van der Waals surface area contributed by atoms with Gasteiger partial charge in [-0.15, -0.1) is 11.8 Å². The standard InChI is InChI=1S/C19H19ClO4S/c1-12-5-4-6-14(15(10-23-2)19(21)22)18(12)25-11-13-7-8-16(20)17(9-13)24-3/h4-10H,11H2,1-3H3,(H,21,22)/b15-10+. The van der Waals surface area contributed by atoms with Crippen molar-refractivity contribution in [3.63, 3.8) is 0 Å². The number of carbonyl (C=O) groups is 1. The molecule has 0 aliphatic rings. The zero-order valence-electron chi connectivity index (χ0n) is 14.2. The van der Waals surface area contributed by atoms with Crippen molar-refractivity contribution in [2.24, 2.45) is 0 Å². The van der Waals surface area contributed by atoms with E-state index in [9.17, 15) is 9.90 Å². The summed E-state index contributed by atoms with van der Waals surface area (Å²) in [6, 6.07) is 11.2. The molecule has 0 aliphatic heterocycles. The zero-order valence-corrected chi connectivity index (χ0v) is 15.8. The van der Waals surface area contributed by atoms with Gasteiger partial charge in [0.15, 0.2) is 0 Å². The van der Waals surface area contributed by atoms with Crippen molar-refractivity contribution in [1.82, 2.24) is 0 Å². The molecule has 25 heavy (non-hydrogen) atoms. The quantitative estimate of drug-likeness (QED) is 0.416. The molecule has 0 amide bonds. The SMILES string of the molecule is CO/C=C(/C(=O)O)c1cccc(C)c1SCc1ccc(Cl)c(OC)c1. The van der Waals surface area contributed by atoms with Crippen LogP contribution in [0.15, 0.2) is 47.6 Å². The van der Waals surface area contributed by atoms with E-state index >= 15 is 0 Å². The number of benzene rings is 2. The van der Waals surface area contributed by atoms with Gasteiger partial charge >= 0.3 is 5.97 Å². The Balaban J connectivity index is 2.34. The average molecular weight is 379 g/mol. The van der Waals surface area contributed by atoms with Crippen LogP contribution in [0.3, 0.4) is 0 Å². The number of ether oxygens (including phenoxy) is 2. The van der Waals surface area contributed by atoms with E-state index in [0.29, 0.717) is 22.1 Å². The van der Waals surface area contributed by atoms with Gasteiger partial charge in [-0.05, 0) is 30.2 Å². The topological polar surface area (TPSA) is 55.8 Å². The summed E-state index contributed by atoms with van der Waals surface area (Å²) in [6.07, 6.45) is 1.26. The molecule has 0 radical (unpaired) electrons. The maximum atomic E-state index is 11.6. The first-order valence-electron chi connectivity index (χ1n) is 7.49. The van der Waals surface area contributed by atoms with Crippen LogP contribution in [-0.4, -0.2) is 25.3 Å². The van der Waals surface area contributed by atoms with E-state index in [-0.39, 0.29) is 5.57 Å². The third-order valence-corrected chi connectivity index (χ3v) is 5.19. The number of carboxylic acids is 1. The lowest BCUT2D eigenvalue weighted by molar-refractivity contribution is -0.130. The third-order valence-electron chi connectivity index (χ3n) is 3.57. The molecule has 132 valence electrons. The number of aryl methyl sites for hydroxylation is 1. The predicted molar refractivity (Wildman–Crippen MR) is 101 cm³/mol. The fourth-order valence-electron chi connectivity index (χ4n) is 2.35. The summed E-state index contributed by atoms with van der Waals surface area (Å²) >= 11 is 7.62. The molecule has 0 unspecified atom stereocenters. The largest absolute Gasteiger partial charge is 0.503 e. The first-order valence-corrected chi connectivity index (χ1v) is 8.85. The lowest BCUT2D eigenvalue weighted by atomic mass is 10.0. The van der Waals surface area contributed by atoms with Crippen molar-refractivity contribution in [2.75, 3.05) is 14.2 Å². The second kappa shape index (κ2) is 8.83. The molecular formula is C19H19ClO4S. The Morgan fingerprint density at radius 3 is 2.68 bits per heavy atom. The Morgan fingerprint density at radius 2 is 2.04 bits per heavy atom. The zero-order chi connectivity index (χ0) is 18.4. The molecular weight excluding hydrogens is 360 g/mol. The fraction of sp³-hybridized carbons (Fsp3) is 0.211. The van der Waals surface area contributed by atoms with E-state index in [1.165, 1.54) is 13.4 Å². The van der Waals surface area contributed by atoms with Gasteiger partial charge in [0.1, 0.15) is 11.3 Å². The van der Waals surface area contributed by atoms with Crippen LogP contribution >= 0.6 is 23.4 Å². The highest BCUT2D eigenvalue weighted by Crippen LogP contribution is 2.35. The van der Waals surface area contributed by atoms with E-state index in [1.54, 1.807) is 31.0 Å². The van der Waals surface area contributed by atoms with Gasteiger partial charge in [0.2, 0.25) is 0 Å². The molecule has 0 heterocycles. The van der Waals surface area contributed by atoms with E-state index in [0.717, 1.165) is 16.0 Å². The van der Waals surface area contributed by atoms with Gasteiger partial charge in [0, 0.05) is 16.2 Å². The van der Waals surface area contributed by atoms with Crippen LogP contribution in [0, 0.1) is 6.92 Å². The molecule has 1 N–H and O–H groups in total. The summed E-state index contributed by atoms with van der Waals surface area (Å²) in [5.74, 6) is 0.253. The van der Waals surface area contributed by atoms with Crippen molar-refractivity contribution < 1.29 is 19.4 Å². The van der Waals surface area contributed by atoms with Crippen molar-refractivity contribution in [3.05, 3.63) is 64.4 Å². The molecule has 0 bridgehead atoms. The minimum absolute atomic E-state index is 0.127. The number of hydrogen-bond acceptors (Lipinski definition) is 4. The van der Waals surface area contributed by atoms with Crippen molar-refractivity contribution in [3.8, 4) is 5.75 Å². The summed E-state index contributed by atoms with van der Waals surface area (Å²) < 4.78 is 10.2. The number of rotatable bonds is 7. The summed E-state index contributed by atoms with van der Waals surface area (Å²) in [5.41, 5.74) is 2.81. The number of carboxylic acid groups (broad SMARTS) is 1. The van der Waals surface area contributed by atoms with E-state index < -0.39 is 5.97 Å². The highest BCUT2D eigenvalue weighted by atomic mass is 35.5. The van der Waals surface area contributed by atoms with Crippen LogP contribution in [0.1, 0.15) is 16.7 Å². The number of aliphatic carboxylic acids is 1. The summed E-state index contributed by atoms with van der Waals surface area (Å²) in [6.45, 7) is 1.96. The van der Waals surface area contributed by atoms with Gasteiger partial charge in [0.05, 0.1) is 25.5 Å². The molecule has 0 aromatic heterocycles. The van der Waals surface area contributed by atoms with Crippen LogP contribution in [0.25, 0.3) is 5.57 Å². The molecule has 4 nitrogen and oxygen atoms in total. The molecule has 0 fully saturated rings. The Morgan fingerprint density at radius 1 is 1.28 bits per heavy atom. The van der Waals surface area contributed by atoms with Crippen LogP contribution in [-0.2, 0) is 15.3 Å². The summed E-state index contributed by atoms with van der Waals surface area (Å²) in [5, 5.41) is 10.0. The van der Waals surface area contributed by atoms with Crippen molar-refractivity contribution in [2.45, 2.75) is 17.6 Å². The summed E-state index contributed by atoms with van der Waals surface area (Å²) in [7, 11) is 3.01. The minimum atomic E-state index is -1.03. The first-order chi connectivity index (χ1) is 12.0. The highest BCUT2D eigenvalue weighted by Gasteiger charge is 2.17. The van der Waals surface area contributed by atoms with Gasteiger partial charge in [-0.2, -0.15) is 0 Å².